The van der Waals surface area contributed by atoms with E-state index >= 15 is 0 Å². The molecule has 1 aromatic heterocycles. The summed E-state index contributed by atoms with van der Waals surface area (Å²) in [5, 5.41) is 9.36. The predicted octanol–water partition coefficient (Wildman–Crippen LogP) is 4.02. The van der Waals surface area contributed by atoms with Crippen molar-refractivity contribution in [3.05, 3.63) is 60.7 Å². The van der Waals surface area contributed by atoms with Gasteiger partial charge < -0.3 is 9.47 Å². The first-order chi connectivity index (χ1) is 12.7. The Hall–Kier alpha value is -2.60. The highest BCUT2D eigenvalue weighted by Crippen LogP contribution is 2.23. The molecule has 134 valence electrons. The first kappa shape index (κ1) is 18.2. The van der Waals surface area contributed by atoms with Crippen molar-refractivity contribution in [3.63, 3.8) is 0 Å². The zero-order valence-electron chi connectivity index (χ0n) is 15.0. The Balaban J connectivity index is 1.60. The van der Waals surface area contributed by atoms with Crippen LogP contribution < -0.4 is 4.90 Å². The Morgan fingerprint density at radius 1 is 1.04 bits per heavy atom. The molecule has 3 rings (SSSR count). The van der Waals surface area contributed by atoms with Crippen molar-refractivity contribution in [2.24, 2.45) is 7.05 Å². The first-order valence-electron chi connectivity index (χ1n) is 8.63. The molecular weight excluding hydrogens is 344 g/mol. The third-order valence-electron chi connectivity index (χ3n) is 4.10. The molecule has 0 aliphatic carbocycles. The van der Waals surface area contributed by atoms with E-state index in [1.54, 1.807) is 11.8 Å². The third kappa shape index (κ3) is 4.14. The largest absolute Gasteiger partial charge is 0.313 e. The molecule has 0 unspecified atom stereocenters. The van der Waals surface area contributed by atoms with E-state index in [4.69, 9.17) is 0 Å². The summed E-state index contributed by atoms with van der Waals surface area (Å²) >= 11 is 1.56. The minimum atomic E-state index is 0.122. The van der Waals surface area contributed by atoms with E-state index in [9.17, 15) is 4.79 Å². The molecule has 0 aliphatic heterocycles. The van der Waals surface area contributed by atoms with Crippen molar-refractivity contribution in [2.45, 2.75) is 18.5 Å². The topological polar surface area (TPSA) is 51.0 Å². The molecule has 0 bridgehead atoms. The molecular formula is C20H22N4OS. The number of carbonyl (C=O) groups excluding carboxylic acids is 1. The SMILES string of the molecule is CCN(C(=O)CCSc1nnc(-c2ccccc2)n1C)c1ccccc1. The van der Waals surface area contributed by atoms with E-state index < -0.39 is 0 Å². The van der Waals surface area contributed by atoms with Crippen molar-refractivity contribution in [1.29, 1.82) is 0 Å². The normalized spacial score (nSPS) is 10.7. The van der Waals surface area contributed by atoms with E-state index in [2.05, 4.69) is 10.2 Å². The van der Waals surface area contributed by atoms with Gasteiger partial charge in [-0.05, 0) is 19.1 Å². The van der Waals surface area contributed by atoms with E-state index in [-0.39, 0.29) is 5.91 Å². The van der Waals surface area contributed by atoms with Gasteiger partial charge in [0, 0.05) is 37.0 Å². The number of benzene rings is 2. The summed E-state index contributed by atoms with van der Waals surface area (Å²) in [6.07, 6.45) is 0.459. The number of hydrogen-bond acceptors (Lipinski definition) is 4. The van der Waals surface area contributed by atoms with Crippen LogP contribution in [-0.2, 0) is 11.8 Å². The second kappa shape index (κ2) is 8.67. The van der Waals surface area contributed by atoms with Crippen LogP contribution >= 0.6 is 11.8 Å². The average molecular weight is 366 g/mol. The Morgan fingerprint density at radius 3 is 2.35 bits per heavy atom. The van der Waals surface area contributed by atoms with Crippen LogP contribution in [0.4, 0.5) is 5.69 Å². The Bertz CT molecular complexity index is 849. The molecule has 2 aromatic carbocycles. The monoisotopic (exact) mass is 366 g/mol. The molecule has 0 N–H and O–H groups in total. The lowest BCUT2D eigenvalue weighted by Crippen LogP contribution is -2.30. The van der Waals surface area contributed by atoms with Crippen molar-refractivity contribution in [3.8, 4) is 11.4 Å². The predicted molar refractivity (Wildman–Crippen MR) is 106 cm³/mol. The smallest absolute Gasteiger partial charge is 0.227 e. The number of para-hydroxylation sites is 1. The number of carbonyl (C=O) groups is 1. The Morgan fingerprint density at radius 2 is 1.69 bits per heavy atom. The maximum Gasteiger partial charge on any atom is 0.227 e. The minimum absolute atomic E-state index is 0.122. The van der Waals surface area contributed by atoms with Crippen LogP contribution in [-0.4, -0.2) is 33.0 Å². The summed E-state index contributed by atoms with van der Waals surface area (Å²) in [6, 6.07) is 19.8. The van der Waals surface area contributed by atoms with Gasteiger partial charge in [-0.2, -0.15) is 0 Å². The summed E-state index contributed by atoms with van der Waals surface area (Å²) < 4.78 is 1.97. The molecule has 1 amide bonds. The van der Waals surface area contributed by atoms with Crippen LogP contribution in [0.25, 0.3) is 11.4 Å². The van der Waals surface area contributed by atoms with Crippen LogP contribution in [0.15, 0.2) is 65.8 Å². The van der Waals surface area contributed by atoms with E-state index in [1.165, 1.54) is 0 Å². The van der Waals surface area contributed by atoms with Crippen LogP contribution in [0.5, 0.6) is 0 Å². The van der Waals surface area contributed by atoms with Crippen LogP contribution in [0.2, 0.25) is 0 Å². The van der Waals surface area contributed by atoms with E-state index in [1.807, 2.05) is 84.1 Å². The highest BCUT2D eigenvalue weighted by atomic mass is 32.2. The van der Waals surface area contributed by atoms with E-state index in [0.29, 0.717) is 18.7 Å². The van der Waals surface area contributed by atoms with Gasteiger partial charge in [-0.1, -0.05) is 60.3 Å². The summed E-state index contributed by atoms with van der Waals surface area (Å²) in [5.74, 6) is 1.62. The lowest BCUT2D eigenvalue weighted by Gasteiger charge is -2.20. The fourth-order valence-electron chi connectivity index (χ4n) is 2.75. The second-order valence-corrected chi connectivity index (χ2v) is 6.87. The van der Waals surface area contributed by atoms with Gasteiger partial charge in [0.1, 0.15) is 0 Å². The minimum Gasteiger partial charge on any atom is -0.313 e. The van der Waals surface area contributed by atoms with Gasteiger partial charge >= 0.3 is 0 Å². The van der Waals surface area contributed by atoms with Crippen molar-refractivity contribution in [2.75, 3.05) is 17.2 Å². The molecule has 0 spiro atoms. The average Bonchev–Trinajstić information content (AvgIpc) is 3.04. The molecule has 0 radical (unpaired) electrons. The van der Waals surface area contributed by atoms with Gasteiger partial charge in [-0.3, -0.25) is 4.79 Å². The fraction of sp³-hybridized carbons (Fsp3) is 0.250. The maximum atomic E-state index is 12.5. The van der Waals surface area contributed by atoms with Crippen LogP contribution in [0.3, 0.4) is 0 Å². The third-order valence-corrected chi connectivity index (χ3v) is 5.12. The number of hydrogen-bond donors (Lipinski definition) is 0. The van der Waals surface area contributed by atoms with Crippen LogP contribution in [0, 0.1) is 0 Å². The van der Waals surface area contributed by atoms with Gasteiger partial charge in [0.25, 0.3) is 0 Å². The van der Waals surface area contributed by atoms with Gasteiger partial charge in [-0.15, -0.1) is 10.2 Å². The Kier molecular flexibility index (Phi) is 6.07. The summed E-state index contributed by atoms with van der Waals surface area (Å²) in [5.41, 5.74) is 1.97. The maximum absolute atomic E-state index is 12.5. The van der Waals surface area contributed by atoms with Gasteiger partial charge in [0.05, 0.1) is 0 Å². The van der Waals surface area contributed by atoms with Crippen molar-refractivity contribution >= 4 is 23.4 Å². The number of thioether (sulfide) groups is 1. The molecule has 1 heterocycles. The molecule has 0 saturated carbocycles. The molecule has 6 heteroatoms. The highest BCUT2D eigenvalue weighted by Gasteiger charge is 2.15. The van der Waals surface area contributed by atoms with Crippen LogP contribution in [0.1, 0.15) is 13.3 Å². The summed E-state index contributed by atoms with van der Waals surface area (Å²) in [7, 11) is 1.95. The van der Waals surface area contributed by atoms with Gasteiger partial charge in [0.2, 0.25) is 5.91 Å². The van der Waals surface area contributed by atoms with Gasteiger partial charge in [-0.25, -0.2) is 0 Å². The molecule has 5 nitrogen and oxygen atoms in total. The second-order valence-electron chi connectivity index (χ2n) is 5.80. The molecule has 3 aromatic rings. The van der Waals surface area contributed by atoms with Crippen molar-refractivity contribution < 1.29 is 4.79 Å². The fourth-order valence-corrected chi connectivity index (χ4v) is 3.59. The zero-order chi connectivity index (χ0) is 18.4. The number of aromatic nitrogens is 3. The summed E-state index contributed by atoms with van der Waals surface area (Å²) in [4.78, 5) is 14.4. The number of anilines is 1. The molecule has 0 aliphatic rings. The number of nitrogens with zero attached hydrogens (tertiary/aromatic N) is 4. The Labute approximate surface area is 158 Å². The van der Waals surface area contributed by atoms with E-state index in [0.717, 1.165) is 22.2 Å². The first-order valence-corrected chi connectivity index (χ1v) is 9.62. The van der Waals surface area contributed by atoms with Crippen molar-refractivity contribution in [1.82, 2.24) is 14.8 Å². The molecule has 0 fully saturated rings. The molecule has 0 saturated heterocycles. The number of amides is 1. The quantitative estimate of drug-likeness (QED) is 0.593. The lowest BCUT2D eigenvalue weighted by molar-refractivity contribution is -0.118. The molecule has 26 heavy (non-hydrogen) atoms. The van der Waals surface area contributed by atoms with Gasteiger partial charge in [0.15, 0.2) is 11.0 Å². The standard InChI is InChI=1S/C20H22N4OS/c1-3-24(17-12-8-5-9-13-17)18(25)14-15-26-20-22-21-19(23(20)2)16-10-6-4-7-11-16/h4-13H,3,14-15H2,1-2H3. The lowest BCUT2D eigenvalue weighted by atomic mass is 10.2. The molecule has 0 atom stereocenters. The summed E-state index contributed by atoms with van der Waals surface area (Å²) in [6.45, 7) is 2.66. The zero-order valence-corrected chi connectivity index (χ0v) is 15.8. The number of rotatable bonds is 7. The highest BCUT2D eigenvalue weighted by molar-refractivity contribution is 7.99.